The van der Waals surface area contributed by atoms with Gasteiger partial charge in [-0.3, -0.25) is 9.20 Å². The number of aryl methyl sites for hydroxylation is 1. The molecule has 5 nitrogen and oxygen atoms in total. The van der Waals surface area contributed by atoms with Crippen LogP contribution >= 0.6 is 11.3 Å². The van der Waals surface area contributed by atoms with Crippen LogP contribution in [0, 0.1) is 12.8 Å². The van der Waals surface area contributed by atoms with E-state index in [4.69, 9.17) is 9.72 Å². The first kappa shape index (κ1) is 15.1. The molecule has 1 amide bonds. The summed E-state index contributed by atoms with van der Waals surface area (Å²) in [5.74, 6) is 1.46. The number of amides is 1. The molecule has 0 bridgehead atoms. The summed E-state index contributed by atoms with van der Waals surface area (Å²) in [4.78, 5) is 21.2. The number of imidazole rings is 1. The normalized spacial score (nSPS) is 23.5. The van der Waals surface area contributed by atoms with E-state index in [1.54, 1.807) is 11.3 Å². The minimum Gasteiger partial charge on any atom is -0.381 e. The molecule has 0 radical (unpaired) electrons. The zero-order valence-corrected chi connectivity index (χ0v) is 14.3. The summed E-state index contributed by atoms with van der Waals surface area (Å²) in [6, 6.07) is 0.140. The summed E-state index contributed by atoms with van der Waals surface area (Å²) in [6.07, 6.45) is 7.09. The fraction of sp³-hybridized carbons (Fsp3) is 0.647. The highest BCUT2D eigenvalue weighted by Gasteiger charge is 2.35. The van der Waals surface area contributed by atoms with Gasteiger partial charge in [-0.05, 0) is 39.0 Å². The van der Waals surface area contributed by atoms with Crippen molar-refractivity contribution in [3.05, 3.63) is 23.1 Å². The van der Waals surface area contributed by atoms with E-state index in [1.807, 2.05) is 6.92 Å². The van der Waals surface area contributed by atoms with Crippen molar-refractivity contribution in [2.24, 2.45) is 5.92 Å². The molecule has 124 valence electrons. The highest BCUT2D eigenvalue weighted by molar-refractivity contribution is 7.15. The molecule has 0 unspecified atom stereocenters. The molecule has 1 atom stereocenters. The number of nitrogens with zero attached hydrogens (tertiary/aromatic N) is 3. The van der Waals surface area contributed by atoms with Gasteiger partial charge < -0.3 is 9.64 Å². The van der Waals surface area contributed by atoms with E-state index >= 15 is 0 Å². The van der Waals surface area contributed by atoms with Crippen LogP contribution in [0.15, 0.2) is 11.6 Å². The van der Waals surface area contributed by atoms with Gasteiger partial charge in [0.15, 0.2) is 0 Å². The Bertz CT molecular complexity index is 702. The molecule has 2 aliphatic rings. The zero-order valence-electron chi connectivity index (χ0n) is 13.5. The molecule has 2 aromatic heterocycles. The van der Waals surface area contributed by atoms with Gasteiger partial charge in [0.05, 0.1) is 11.7 Å². The number of carbonyl (C=O) groups is 1. The highest BCUT2D eigenvalue weighted by atomic mass is 32.1. The minimum absolute atomic E-state index is 0.131. The lowest BCUT2D eigenvalue weighted by Crippen LogP contribution is -2.43. The second kappa shape index (κ2) is 6.24. The SMILES string of the molecule is Cc1nc([C@H]2CCCCN2C(=O)C2CCOCC2)c2sccn12. The second-order valence-electron chi connectivity index (χ2n) is 6.55. The molecule has 0 aromatic carbocycles. The lowest BCUT2D eigenvalue weighted by molar-refractivity contribution is -0.142. The van der Waals surface area contributed by atoms with Gasteiger partial charge in [-0.2, -0.15) is 0 Å². The van der Waals surface area contributed by atoms with Crippen molar-refractivity contribution in [1.82, 2.24) is 14.3 Å². The maximum Gasteiger partial charge on any atom is 0.226 e. The second-order valence-corrected chi connectivity index (χ2v) is 7.45. The summed E-state index contributed by atoms with van der Waals surface area (Å²) in [6.45, 7) is 4.34. The fourth-order valence-corrected chi connectivity index (χ4v) is 4.79. The molecular weight excluding hydrogens is 310 g/mol. The Hall–Kier alpha value is -1.40. The van der Waals surface area contributed by atoms with Crippen molar-refractivity contribution in [2.75, 3.05) is 19.8 Å². The van der Waals surface area contributed by atoms with E-state index < -0.39 is 0 Å². The van der Waals surface area contributed by atoms with Gasteiger partial charge in [0, 0.05) is 37.3 Å². The van der Waals surface area contributed by atoms with Gasteiger partial charge in [-0.25, -0.2) is 4.98 Å². The highest BCUT2D eigenvalue weighted by Crippen LogP contribution is 2.36. The van der Waals surface area contributed by atoms with E-state index in [1.165, 1.54) is 11.3 Å². The molecular formula is C17H23N3O2S. The van der Waals surface area contributed by atoms with Crippen molar-refractivity contribution in [2.45, 2.75) is 45.1 Å². The smallest absolute Gasteiger partial charge is 0.226 e. The third kappa shape index (κ3) is 2.68. The lowest BCUT2D eigenvalue weighted by atomic mass is 9.93. The van der Waals surface area contributed by atoms with Crippen LogP contribution in [0.4, 0.5) is 0 Å². The van der Waals surface area contributed by atoms with Crippen molar-refractivity contribution in [1.29, 1.82) is 0 Å². The van der Waals surface area contributed by atoms with E-state index in [9.17, 15) is 4.79 Å². The Morgan fingerprint density at radius 2 is 2.13 bits per heavy atom. The van der Waals surface area contributed by atoms with Crippen LogP contribution < -0.4 is 0 Å². The summed E-state index contributed by atoms with van der Waals surface area (Å²) in [5.41, 5.74) is 1.10. The summed E-state index contributed by atoms with van der Waals surface area (Å²) >= 11 is 1.72. The van der Waals surface area contributed by atoms with Gasteiger partial charge in [0.1, 0.15) is 10.7 Å². The number of thiazole rings is 1. The van der Waals surface area contributed by atoms with Gasteiger partial charge in [0.25, 0.3) is 0 Å². The molecule has 2 fully saturated rings. The van der Waals surface area contributed by atoms with Gasteiger partial charge in [0.2, 0.25) is 5.91 Å². The number of rotatable bonds is 2. The average molecular weight is 333 g/mol. The van der Waals surface area contributed by atoms with E-state index in [2.05, 4.69) is 20.9 Å². The Kier molecular flexibility index (Phi) is 4.11. The van der Waals surface area contributed by atoms with Crippen LogP contribution in [0.2, 0.25) is 0 Å². The number of ether oxygens (including phenoxy) is 1. The Morgan fingerprint density at radius 3 is 2.96 bits per heavy atom. The van der Waals surface area contributed by atoms with Crippen molar-refractivity contribution in [3.63, 3.8) is 0 Å². The molecule has 6 heteroatoms. The maximum absolute atomic E-state index is 13.1. The van der Waals surface area contributed by atoms with E-state index in [0.29, 0.717) is 19.1 Å². The topological polar surface area (TPSA) is 46.8 Å². The lowest BCUT2D eigenvalue weighted by Gasteiger charge is -2.38. The number of carbonyl (C=O) groups excluding carboxylic acids is 1. The van der Waals surface area contributed by atoms with Crippen LogP contribution in [0.5, 0.6) is 0 Å². The molecule has 2 aliphatic heterocycles. The fourth-order valence-electron chi connectivity index (χ4n) is 3.87. The third-order valence-electron chi connectivity index (χ3n) is 5.13. The van der Waals surface area contributed by atoms with Crippen molar-refractivity contribution >= 4 is 22.1 Å². The minimum atomic E-state index is 0.131. The summed E-state index contributed by atoms with van der Waals surface area (Å²) in [7, 11) is 0. The Labute approximate surface area is 140 Å². The average Bonchev–Trinajstić information content (AvgIpc) is 3.19. The van der Waals surface area contributed by atoms with Gasteiger partial charge in [-0.1, -0.05) is 0 Å². The van der Waals surface area contributed by atoms with Gasteiger partial charge in [-0.15, -0.1) is 11.3 Å². The summed E-state index contributed by atoms with van der Waals surface area (Å²) < 4.78 is 7.56. The molecule has 23 heavy (non-hydrogen) atoms. The van der Waals surface area contributed by atoms with Crippen LogP contribution in [0.1, 0.15) is 49.7 Å². The van der Waals surface area contributed by atoms with Gasteiger partial charge >= 0.3 is 0 Å². The predicted molar refractivity (Wildman–Crippen MR) is 89.7 cm³/mol. The first-order valence-corrected chi connectivity index (χ1v) is 9.44. The Balaban J connectivity index is 1.65. The molecule has 4 rings (SSSR count). The number of hydrogen-bond acceptors (Lipinski definition) is 4. The molecule has 0 N–H and O–H groups in total. The van der Waals surface area contributed by atoms with Crippen LogP contribution in [-0.2, 0) is 9.53 Å². The summed E-state index contributed by atoms with van der Waals surface area (Å²) in [5, 5.41) is 2.10. The largest absolute Gasteiger partial charge is 0.381 e. The zero-order chi connectivity index (χ0) is 15.8. The number of hydrogen-bond donors (Lipinski definition) is 0. The monoisotopic (exact) mass is 333 g/mol. The van der Waals surface area contributed by atoms with Crippen LogP contribution in [-0.4, -0.2) is 40.0 Å². The number of aromatic nitrogens is 2. The molecule has 0 saturated carbocycles. The molecule has 4 heterocycles. The van der Waals surface area contributed by atoms with Crippen LogP contribution in [0.3, 0.4) is 0 Å². The number of piperidine rings is 1. The first-order valence-electron chi connectivity index (χ1n) is 8.56. The van der Waals surface area contributed by atoms with Crippen molar-refractivity contribution in [3.8, 4) is 0 Å². The molecule has 0 aliphatic carbocycles. The molecule has 2 aromatic rings. The Morgan fingerprint density at radius 1 is 1.30 bits per heavy atom. The molecule has 2 saturated heterocycles. The number of fused-ring (bicyclic) bond motifs is 1. The molecule has 0 spiro atoms. The standard InChI is InChI=1S/C17H23N3O2S/c1-12-18-15(17-19(12)8-11-23-17)14-4-2-3-7-20(14)16(21)13-5-9-22-10-6-13/h8,11,13-14H,2-7,9-10H2,1H3/t14-/m1/s1. The van der Waals surface area contributed by atoms with E-state index in [0.717, 1.165) is 43.7 Å². The predicted octanol–water partition coefficient (Wildman–Crippen LogP) is 3.18. The first-order chi connectivity index (χ1) is 11.3. The van der Waals surface area contributed by atoms with Crippen molar-refractivity contribution < 1.29 is 9.53 Å². The van der Waals surface area contributed by atoms with Crippen LogP contribution in [0.25, 0.3) is 4.83 Å². The third-order valence-corrected chi connectivity index (χ3v) is 6.02. The quantitative estimate of drug-likeness (QED) is 0.848. The maximum atomic E-state index is 13.1. The van der Waals surface area contributed by atoms with E-state index in [-0.39, 0.29) is 12.0 Å². The number of likely N-dealkylation sites (tertiary alicyclic amines) is 1.